The minimum atomic E-state index is -1.19. The van der Waals surface area contributed by atoms with E-state index in [2.05, 4.69) is 26.3 Å². The minimum absolute atomic E-state index is 0.0540. The molecule has 0 fully saturated rings. The van der Waals surface area contributed by atoms with Gasteiger partial charge in [0.25, 0.3) is 5.91 Å². The van der Waals surface area contributed by atoms with Crippen molar-refractivity contribution in [2.24, 2.45) is 5.92 Å². The molecule has 4 atom stereocenters. The minimum Gasteiger partial charge on any atom is -0.484 e. The Balaban J connectivity index is 1.22. The van der Waals surface area contributed by atoms with Crippen molar-refractivity contribution in [2.75, 3.05) is 13.2 Å². The number of aromatic nitrogens is 1. The number of benzene rings is 5. The number of ether oxygens (including phenoxy) is 1. The molecule has 0 unspecified atom stereocenters. The van der Waals surface area contributed by atoms with Crippen LogP contribution in [-0.2, 0) is 54.5 Å². The predicted octanol–water partition coefficient (Wildman–Crippen LogP) is 5.90. The Bertz CT molecular complexity index is 2580. The van der Waals surface area contributed by atoms with E-state index in [9.17, 15) is 28.8 Å². The third-order valence-corrected chi connectivity index (χ3v) is 11.6. The van der Waals surface area contributed by atoms with E-state index in [1.165, 1.54) is 0 Å². The smallest absolute Gasteiger partial charge is 0.303 e. The molecule has 0 radical (unpaired) electrons. The van der Waals surface area contributed by atoms with Crippen molar-refractivity contribution < 1.29 is 38.6 Å². The van der Waals surface area contributed by atoms with Gasteiger partial charge in [-0.05, 0) is 77.3 Å². The maximum absolute atomic E-state index is 14.7. The number of rotatable bonds is 13. The van der Waals surface area contributed by atoms with Gasteiger partial charge >= 0.3 is 5.97 Å². The lowest BCUT2D eigenvalue weighted by molar-refractivity contribution is -0.137. The van der Waals surface area contributed by atoms with Crippen LogP contribution in [-0.4, -0.2) is 76.7 Å². The van der Waals surface area contributed by atoms with Crippen molar-refractivity contribution in [1.29, 1.82) is 0 Å². The third kappa shape index (κ3) is 13.0. The van der Waals surface area contributed by atoms with Crippen molar-refractivity contribution in [3.63, 3.8) is 0 Å². The number of H-pyrrole nitrogens is 1. The fourth-order valence-electron chi connectivity index (χ4n) is 8.08. The van der Waals surface area contributed by atoms with E-state index in [0.717, 1.165) is 44.3 Å². The number of ketones is 1. The predicted molar refractivity (Wildman–Crippen MR) is 247 cm³/mol. The summed E-state index contributed by atoms with van der Waals surface area (Å²) in [4.78, 5) is 85.6. The molecule has 13 heteroatoms. The summed E-state index contributed by atoms with van der Waals surface area (Å²) in [6.45, 7) is -0.304. The van der Waals surface area contributed by atoms with Crippen LogP contribution in [0.3, 0.4) is 0 Å². The molecule has 0 spiro atoms. The standard InChI is InChI=1S/C52H53N5O8/c58-47-31-39(50(62)53-27-9-16-49(60)61)28-35-19-24-41(25-20-35)65-33-48(59)55-46(30-40-32-54-43-15-8-7-14-42(40)43)52(64)57-45(51(63)56-44(47)26-21-34-10-3-1-4-11-34)29-36-17-22-38(23-18-36)37-12-5-2-6-13-37/h1-8,10-15,17-20,22-25,32,39,44-46,54H,9,16,21,26-31,33H2,(H,53,62)(H,55,59)(H,56,63)(H,57,64)(H,60,61)/t39-,44+,45-,46+/m1/s1. The Labute approximate surface area is 377 Å². The van der Waals surface area contributed by atoms with E-state index in [1.807, 2.05) is 109 Å². The Morgan fingerprint density at radius 3 is 2.03 bits per heavy atom. The van der Waals surface area contributed by atoms with Crippen LogP contribution in [0.15, 0.2) is 140 Å². The number of Topliss-reactive ketones (excluding diaryl/α,β-unsaturated/α-hetero) is 1. The molecule has 3 heterocycles. The first kappa shape index (κ1) is 45.5. The molecule has 8 rings (SSSR count). The fraction of sp³-hybridized carbons (Fsp3) is 0.269. The summed E-state index contributed by atoms with van der Waals surface area (Å²) in [6.07, 6.45) is 2.59. The zero-order valence-electron chi connectivity index (χ0n) is 36.0. The van der Waals surface area contributed by atoms with Gasteiger partial charge in [0, 0.05) is 55.2 Å². The van der Waals surface area contributed by atoms with Gasteiger partial charge in [0.2, 0.25) is 17.7 Å². The molecule has 13 nitrogen and oxygen atoms in total. The van der Waals surface area contributed by atoms with Crippen molar-refractivity contribution >= 4 is 46.3 Å². The third-order valence-electron chi connectivity index (χ3n) is 11.6. The van der Waals surface area contributed by atoms with Gasteiger partial charge in [0.15, 0.2) is 12.4 Å². The largest absolute Gasteiger partial charge is 0.484 e. The molecule has 0 aliphatic carbocycles. The molecule has 0 saturated heterocycles. The number of para-hydroxylation sites is 1. The van der Waals surface area contributed by atoms with Gasteiger partial charge < -0.3 is 36.1 Å². The van der Waals surface area contributed by atoms with Gasteiger partial charge in [-0.3, -0.25) is 28.8 Å². The highest BCUT2D eigenvalue weighted by Gasteiger charge is 2.33. The van der Waals surface area contributed by atoms with Crippen molar-refractivity contribution in [1.82, 2.24) is 26.3 Å². The number of nitrogens with one attached hydrogen (secondary N) is 5. The van der Waals surface area contributed by atoms with Gasteiger partial charge in [-0.2, -0.15) is 0 Å². The quantitative estimate of drug-likeness (QED) is 0.0610. The molecule has 6 aromatic rings. The van der Waals surface area contributed by atoms with Gasteiger partial charge in [-0.25, -0.2) is 0 Å². The second kappa shape index (κ2) is 22.2. The van der Waals surface area contributed by atoms with Crippen LogP contribution >= 0.6 is 0 Å². The van der Waals surface area contributed by atoms with E-state index >= 15 is 0 Å². The topological polar surface area (TPSA) is 196 Å². The van der Waals surface area contributed by atoms with Gasteiger partial charge in [-0.1, -0.05) is 115 Å². The maximum atomic E-state index is 14.7. The summed E-state index contributed by atoms with van der Waals surface area (Å²) in [5.74, 6) is -4.06. The van der Waals surface area contributed by atoms with Crippen LogP contribution in [0.2, 0.25) is 0 Å². The van der Waals surface area contributed by atoms with Crippen molar-refractivity contribution in [3.05, 3.63) is 162 Å². The molecule has 4 amide bonds. The van der Waals surface area contributed by atoms with Crippen molar-refractivity contribution in [2.45, 2.75) is 69.5 Å². The lowest BCUT2D eigenvalue weighted by Gasteiger charge is -2.26. The lowest BCUT2D eigenvalue weighted by Crippen LogP contribution is -2.57. The molecule has 334 valence electrons. The van der Waals surface area contributed by atoms with Crippen LogP contribution < -0.4 is 26.0 Å². The maximum Gasteiger partial charge on any atom is 0.303 e. The number of amides is 4. The first-order valence-electron chi connectivity index (χ1n) is 22.0. The normalized spacial score (nSPS) is 18.6. The first-order chi connectivity index (χ1) is 31.6. The molecular formula is C52H53N5O8. The van der Waals surface area contributed by atoms with Crippen LogP contribution in [0.4, 0.5) is 0 Å². The summed E-state index contributed by atoms with van der Waals surface area (Å²) in [5, 5.41) is 21.6. The second-order valence-corrected chi connectivity index (χ2v) is 16.4. The number of carbonyl (C=O) groups is 6. The van der Waals surface area contributed by atoms with Crippen molar-refractivity contribution in [3.8, 4) is 16.9 Å². The van der Waals surface area contributed by atoms with E-state index in [1.54, 1.807) is 30.5 Å². The highest BCUT2D eigenvalue weighted by Crippen LogP contribution is 2.23. The van der Waals surface area contributed by atoms with E-state index < -0.39 is 60.2 Å². The molecule has 0 saturated carbocycles. The zero-order chi connectivity index (χ0) is 45.5. The summed E-state index contributed by atoms with van der Waals surface area (Å²) < 4.78 is 5.84. The van der Waals surface area contributed by atoms with E-state index in [0.29, 0.717) is 12.2 Å². The number of fused-ring (bicyclic) bond motifs is 17. The number of hydrogen-bond donors (Lipinski definition) is 6. The zero-order valence-corrected chi connectivity index (χ0v) is 36.0. The molecule has 2 aliphatic rings. The molecule has 2 bridgehead atoms. The molecular weight excluding hydrogens is 823 g/mol. The molecule has 2 aliphatic heterocycles. The number of aryl methyl sites for hydroxylation is 1. The molecule has 5 aromatic carbocycles. The van der Waals surface area contributed by atoms with E-state index in [-0.39, 0.29) is 57.3 Å². The Kier molecular flexibility index (Phi) is 15.5. The summed E-state index contributed by atoms with van der Waals surface area (Å²) in [6, 6.07) is 38.1. The Morgan fingerprint density at radius 1 is 0.662 bits per heavy atom. The number of carbonyl (C=O) groups excluding carboxylic acids is 5. The number of aliphatic carboxylic acids is 1. The summed E-state index contributed by atoms with van der Waals surface area (Å²) in [7, 11) is 0. The number of aromatic amines is 1. The lowest BCUT2D eigenvalue weighted by atomic mass is 9.89. The average molecular weight is 876 g/mol. The highest BCUT2D eigenvalue weighted by molar-refractivity contribution is 5.96. The number of carboxylic acid groups (broad SMARTS) is 1. The van der Waals surface area contributed by atoms with Gasteiger partial charge in [0.1, 0.15) is 17.8 Å². The van der Waals surface area contributed by atoms with Crippen LogP contribution in [0.25, 0.3) is 22.0 Å². The summed E-state index contributed by atoms with van der Waals surface area (Å²) >= 11 is 0. The van der Waals surface area contributed by atoms with E-state index in [4.69, 9.17) is 9.84 Å². The Morgan fingerprint density at radius 2 is 1.31 bits per heavy atom. The van der Waals surface area contributed by atoms with Gasteiger partial charge in [-0.15, -0.1) is 0 Å². The second-order valence-electron chi connectivity index (χ2n) is 16.4. The highest BCUT2D eigenvalue weighted by atomic mass is 16.5. The first-order valence-corrected chi connectivity index (χ1v) is 22.0. The van der Waals surface area contributed by atoms with Gasteiger partial charge in [0.05, 0.1) is 6.04 Å². The molecule has 65 heavy (non-hydrogen) atoms. The number of carboxylic acids is 1. The fourth-order valence-corrected chi connectivity index (χ4v) is 8.08. The SMILES string of the molecule is O=C(O)CCCNC(=O)[C@H]1CC(=O)[C@H](CCc2ccccc2)NC(=O)[C@@H](Cc2ccc(-c3ccccc3)cc2)NC(=O)[C@H](Cc2c[nH]c3ccccc23)NC(=O)COc2ccc(cc2)C1. The average Bonchev–Trinajstić information content (AvgIpc) is 3.73. The Hall–Kier alpha value is -7.54. The molecule has 1 aromatic heterocycles. The van der Waals surface area contributed by atoms with Crippen LogP contribution in [0.1, 0.15) is 47.9 Å². The number of hydrogen-bond acceptors (Lipinski definition) is 7. The monoisotopic (exact) mass is 875 g/mol. The summed E-state index contributed by atoms with van der Waals surface area (Å²) in [5.41, 5.74) is 6.02. The molecule has 6 N–H and O–H groups in total. The van der Waals surface area contributed by atoms with Crippen LogP contribution in [0.5, 0.6) is 5.75 Å². The van der Waals surface area contributed by atoms with Crippen LogP contribution in [0, 0.1) is 5.92 Å².